The van der Waals surface area contributed by atoms with Gasteiger partial charge in [0.2, 0.25) is 10.0 Å². The summed E-state index contributed by atoms with van der Waals surface area (Å²) < 4.78 is 27.8. The molecule has 2 bridgehead atoms. The Morgan fingerprint density at radius 2 is 2.00 bits per heavy atom. The fourth-order valence-corrected chi connectivity index (χ4v) is 5.37. The van der Waals surface area contributed by atoms with Crippen LogP contribution in [0.1, 0.15) is 28.8 Å². The van der Waals surface area contributed by atoms with Crippen LogP contribution in [0.2, 0.25) is 0 Å². The molecule has 136 valence electrons. The summed E-state index contributed by atoms with van der Waals surface area (Å²) in [5.74, 6) is 0.198. The van der Waals surface area contributed by atoms with Gasteiger partial charge in [0.25, 0.3) is 5.91 Å². The van der Waals surface area contributed by atoms with Gasteiger partial charge in [0.15, 0.2) is 0 Å². The van der Waals surface area contributed by atoms with Crippen molar-refractivity contribution < 1.29 is 13.2 Å². The molecule has 0 spiro atoms. The van der Waals surface area contributed by atoms with Crippen LogP contribution >= 0.6 is 0 Å². The van der Waals surface area contributed by atoms with Gasteiger partial charge in [-0.1, -0.05) is 18.2 Å². The number of carbonyl (C=O) groups is 1. The molecule has 1 N–H and O–H groups in total. The number of piperidine rings is 1. The highest BCUT2D eigenvalue weighted by Crippen LogP contribution is 2.39. The number of nitrogens with zero attached hydrogens (tertiary/aromatic N) is 2. The predicted molar refractivity (Wildman–Crippen MR) is 97.1 cm³/mol. The van der Waals surface area contributed by atoms with Crippen LogP contribution in [-0.2, 0) is 10.0 Å². The zero-order valence-corrected chi connectivity index (χ0v) is 15.3. The van der Waals surface area contributed by atoms with Gasteiger partial charge in [-0.2, -0.15) is 0 Å². The van der Waals surface area contributed by atoms with E-state index in [1.165, 1.54) is 12.3 Å². The average molecular weight is 371 g/mol. The van der Waals surface area contributed by atoms with Gasteiger partial charge >= 0.3 is 0 Å². The molecule has 1 aliphatic heterocycles. The van der Waals surface area contributed by atoms with Crippen LogP contribution in [0, 0.1) is 12.8 Å². The first-order valence-electron chi connectivity index (χ1n) is 8.74. The highest BCUT2D eigenvalue weighted by molar-refractivity contribution is 7.89. The molecule has 1 saturated carbocycles. The smallest absolute Gasteiger partial charge is 0.254 e. The normalized spacial score (nSPS) is 24.8. The fraction of sp³-hybridized carbons (Fsp3) is 0.368. The number of aromatic nitrogens is 1. The summed E-state index contributed by atoms with van der Waals surface area (Å²) in [6, 6.07) is 10.7. The first-order valence-corrected chi connectivity index (χ1v) is 10.2. The lowest BCUT2D eigenvalue weighted by Gasteiger charge is -2.32. The molecule has 2 aromatic rings. The van der Waals surface area contributed by atoms with Gasteiger partial charge in [-0.15, -0.1) is 0 Å². The molecule has 2 heterocycles. The van der Waals surface area contributed by atoms with Crippen LogP contribution in [0.5, 0.6) is 0 Å². The van der Waals surface area contributed by atoms with E-state index in [-0.39, 0.29) is 28.8 Å². The van der Waals surface area contributed by atoms with Crippen LogP contribution < -0.4 is 4.72 Å². The maximum absolute atomic E-state index is 12.9. The Morgan fingerprint density at radius 1 is 1.19 bits per heavy atom. The monoisotopic (exact) mass is 371 g/mol. The number of likely N-dealkylation sites (tertiary alicyclic amines) is 1. The molecule has 1 aromatic heterocycles. The number of nitrogens with one attached hydrogen (secondary N) is 1. The summed E-state index contributed by atoms with van der Waals surface area (Å²) in [7, 11) is -3.58. The standard InChI is InChI=1S/C19H21N3O3S/c1-13-5-2-3-7-17(13)19(23)22-12-14-9-15(22)10-18(14)21-26(24,25)16-6-4-8-20-11-16/h2-8,11,14-15,18,21H,9-10,12H2,1H3. The van der Waals surface area contributed by atoms with Gasteiger partial charge < -0.3 is 4.90 Å². The molecule has 1 aliphatic carbocycles. The summed E-state index contributed by atoms with van der Waals surface area (Å²) in [4.78, 5) is 18.8. The molecule has 2 aliphatic rings. The van der Waals surface area contributed by atoms with Gasteiger partial charge in [-0.25, -0.2) is 13.1 Å². The van der Waals surface area contributed by atoms with Crippen molar-refractivity contribution in [1.82, 2.24) is 14.6 Å². The Balaban J connectivity index is 1.46. The van der Waals surface area contributed by atoms with Gasteiger partial charge in [0, 0.05) is 36.6 Å². The summed E-state index contributed by atoms with van der Waals surface area (Å²) >= 11 is 0. The SMILES string of the molecule is Cc1ccccc1C(=O)N1CC2CC1CC2NS(=O)(=O)c1cccnc1. The molecule has 4 rings (SSSR count). The first kappa shape index (κ1) is 17.2. The van der Waals surface area contributed by atoms with Crippen molar-refractivity contribution in [2.45, 2.75) is 36.7 Å². The van der Waals surface area contributed by atoms with Gasteiger partial charge in [0.05, 0.1) is 0 Å². The van der Waals surface area contributed by atoms with Crippen molar-refractivity contribution in [3.8, 4) is 0 Å². The van der Waals surface area contributed by atoms with E-state index in [0.29, 0.717) is 13.0 Å². The zero-order chi connectivity index (χ0) is 18.3. The Kier molecular flexibility index (Phi) is 4.28. The third-order valence-corrected chi connectivity index (χ3v) is 6.90. The van der Waals surface area contributed by atoms with E-state index in [2.05, 4.69) is 9.71 Å². The van der Waals surface area contributed by atoms with Gasteiger partial charge in [-0.3, -0.25) is 9.78 Å². The van der Waals surface area contributed by atoms with Crippen LogP contribution in [0.4, 0.5) is 0 Å². The number of hydrogen-bond acceptors (Lipinski definition) is 4. The second-order valence-electron chi connectivity index (χ2n) is 7.07. The molecular formula is C19H21N3O3S. The molecule has 6 nitrogen and oxygen atoms in total. The summed E-state index contributed by atoms with van der Waals surface area (Å²) in [5.41, 5.74) is 1.70. The number of amides is 1. The highest BCUT2D eigenvalue weighted by Gasteiger charge is 2.47. The Hall–Kier alpha value is -2.25. The average Bonchev–Trinajstić information content (AvgIpc) is 3.22. The van der Waals surface area contributed by atoms with Crippen molar-refractivity contribution in [3.05, 3.63) is 59.9 Å². The lowest BCUT2D eigenvalue weighted by molar-refractivity contribution is 0.0690. The molecule has 1 aromatic carbocycles. The number of benzene rings is 1. The first-order chi connectivity index (χ1) is 12.5. The van der Waals surface area contributed by atoms with Crippen molar-refractivity contribution in [1.29, 1.82) is 0 Å². The molecule has 1 saturated heterocycles. The largest absolute Gasteiger partial charge is 0.335 e. The van der Waals surface area contributed by atoms with E-state index in [0.717, 1.165) is 17.5 Å². The quantitative estimate of drug-likeness (QED) is 0.891. The van der Waals surface area contributed by atoms with E-state index >= 15 is 0 Å². The molecule has 2 fully saturated rings. The van der Waals surface area contributed by atoms with Crippen molar-refractivity contribution in [2.24, 2.45) is 5.92 Å². The van der Waals surface area contributed by atoms with E-state index in [1.807, 2.05) is 36.1 Å². The second kappa shape index (κ2) is 6.48. The molecule has 0 radical (unpaired) electrons. The summed E-state index contributed by atoms with van der Waals surface area (Å²) in [5, 5.41) is 0. The molecular weight excluding hydrogens is 350 g/mol. The number of rotatable bonds is 4. The minimum Gasteiger partial charge on any atom is -0.335 e. The maximum Gasteiger partial charge on any atom is 0.254 e. The van der Waals surface area contributed by atoms with E-state index in [4.69, 9.17) is 0 Å². The molecule has 3 atom stereocenters. The minimum atomic E-state index is -3.58. The van der Waals surface area contributed by atoms with Crippen LogP contribution in [0.15, 0.2) is 53.7 Å². The van der Waals surface area contributed by atoms with Crippen LogP contribution in [-0.4, -0.2) is 42.8 Å². The fourth-order valence-electron chi connectivity index (χ4n) is 4.09. The number of carbonyl (C=O) groups excluding carboxylic acids is 1. The number of aryl methyl sites for hydroxylation is 1. The second-order valence-corrected chi connectivity index (χ2v) is 8.79. The van der Waals surface area contributed by atoms with E-state index in [1.54, 1.807) is 12.3 Å². The van der Waals surface area contributed by atoms with Gasteiger partial charge in [0.1, 0.15) is 4.90 Å². The van der Waals surface area contributed by atoms with Crippen LogP contribution in [0.3, 0.4) is 0 Å². The Morgan fingerprint density at radius 3 is 2.65 bits per heavy atom. The van der Waals surface area contributed by atoms with Crippen molar-refractivity contribution in [3.63, 3.8) is 0 Å². The molecule has 26 heavy (non-hydrogen) atoms. The predicted octanol–water partition coefficient (Wildman–Crippen LogP) is 1.97. The number of fused-ring (bicyclic) bond motifs is 2. The van der Waals surface area contributed by atoms with Crippen molar-refractivity contribution in [2.75, 3.05) is 6.54 Å². The molecule has 1 amide bonds. The Labute approximate surface area is 153 Å². The third-order valence-electron chi connectivity index (χ3n) is 5.43. The summed E-state index contributed by atoms with van der Waals surface area (Å²) in [6.45, 7) is 2.53. The number of sulfonamides is 1. The molecule has 7 heteroatoms. The zero-order valence-electron chi connectivity index (χ0n) is 14.5. The van der Waals surface area contributed by atoms with Gasteiger partial charge in [-0.05, 0) is 49.4 Å². The molecule has 3 unspecified atom stereocenters. The highest BCUT2D eigenvalue weighted by atomic mass is 32.2. The maximum atomic E-state index is 12.9. The number of pyridine rings is 1. The number of hydrogen-bond donors (Lipinski definition) is 1. The third kappa shape index (κ3) is 3.01. The summed E-state index contributed by atoms with van der Waals surface area (Å²) in [6.07, 6.45) is 4.40. The van der Waals surface area contributed by atoms with E-state index in [9.17, 15) is 13.2 Å². The Bertz CT molecular complexity index is 930. The topological polar surface area (TPSA) is 79.4 Å². The lowest BCUT2D eigenvalue weighted by atomic mass is 10.0. The minimum absolute atomic E-state index is 0.0455. The van der Waals surface area contributed by atoms with Crippen LogP contribution in [0.25, 0.3) is 0 Å². The van der Waals surface area contributed by atoms with Crippen molar-refractivity contribution >= 4 is 15.9 Å². The lowest BCUT2D eigenvalue weighted by Crippen LogP contribution is -2.47. The van der Waals surface area contributed by atoms with E-state index < -0.39 is 10.0 Å².